The van der Waals surface area contributed by atoms with E-state index in [0.717, 1.165) is 34.5 Å². The monoisotopic (exact) mass is 461 g/mol. The van der Waals surface area contributed by atoms with Crippen LogP contribution in [-0.2, 0) is 0 Å². The maximum absolute atomic E-state index is 6.55. The zero-order valence-corrected chi connectivity index (χ0v) is 19.2. The highest BCUT2D eigenvalue weighted by Gasteiger charge is 2.23. The molecular formula is C22H22Cl3N5. The molecule has 2 aromatic heterocycles. The lowest BCUT2D eigenvalue weighted by Gasteiger charge is -2.17. The van der Waals surface area contributed by atoms with Crippen molar-refractivity contribution in [1.29, 1.82) is 0 Å². The molecule has 1 aliphatic rings. The Bertz CT molecular complexity index is 1150. The van der Waals surface area contributed by atoms with Gasteiger partial charge in [0.25, 0.3) is 0 Å². The SMILES string of the molecule is CC(C)NC(C)c1ncnc2c1nc(-c1ccc(Cl)cc1Cl)n2C1=CCC(Cl)C=C1. The second-order valence-electron chi connectivity index (χ2n) is 7.61. The molecule has 8 heteroatoms. The van der Waals surface area contributed by atoms with Gasteiger partial charge in [0, 0.05) is 28.4 Å². The fraction of sp³-hybridized carbons (Fsp3) is 0.318. The second-order valence-corrected chi connectivity index (χ2v) is 9.01. The van der Waals surface area contributed by atoms with Crippen molar-refractivity contribution >= 4 is 51.7 Å². The van der Waals surface area contributed by atoms with E-state index in [1.54, 1.807) is 12.4 Å². The van der Waals surface area contributed by atoms with E-state index in [2.05, 4.69) is 42.1 Å². The Morgan fingerprint density at radius 1 is 1.17 bits per heavy atom. The number of rotatable bonds is 5. The predicted molar refractivity (Wildman–Crippen MR) is 125 cm³/mol. The number of allylic oxidation sites excluding steroid dienone is 4. The lowest BCUT2D eigenvalue weighted by atomic mass is 10.1. The first kappa shape index (κ1) is 21.3. The molecule has 1 N–H and O–H groups in total. The van der Waals surface area contributed by atoms with Gasteiger partial charge in [-0.25, -0.2) is 15.0 Å². The Labute approximate surface area is 190 Å². The number of hydrogen-bond acceptors (Lipinski definition) is 4. The molecule has 30 heavy (non-hydrogen) atoms. The van der Waals surface area contributed by atoms with E-state index in [1.807, 2.05) is 28.9 Å². The Morgan fingerprint density at radius 2 is 1.97 bits per heavy atom. The highest BCUT2D eigenvalue weighted by Crippen LogP contribution is 2.36. The van der Waals surface area contributed by atoms with Crippen LogP contribution < -0.4 is 5.32 Å². The van der Waals surface area contributed by atoms with Crippen LogP contribution in [0.1, 0.15) is 38.9 Å². The van der Waals surface area contributed by atoms with Gasteiger partial charge in [-0.2, -0.15) is 0 Å². The molecule has 5 nitrogen and oxygen atoms in total. The van der Waals surface area contributed by atoms with Crippen LogP contribution in [0.3, 0.4) is 0 Å². The zero-order chi connectivity index (χ0) is 21.4. The molecule has 0 spiro atoms. The van der Waals surface area contributed by atoms with Gasteiger partial charge in [-0.05, 0) is 37.6 Å². The Morgan fingerprint density at radius 3 is 2.63 bits per heavy atom. The summed E-state index contributed by atoms with van der Waals surface area (Å²) in [5.41, 5.74) is 4.03. The van der Waals surface area contributed by atoms with Crippen LogP contribution in [0.4, 0.5) is 0 Å². The number of benzene rings is 1. The molecule has 0 saturated heterocycles. The van der Waals surface area contributed by atoms with Crippen molar-refractivity contribution in [3.8, 4) is 11.4 Å². The van der Waals surface area contributed by atoms with Crippen LogP contribution in [0.15, 0.2) is 42.8 Å². The normalized spacial score (nSPS) is 17.6. The van der Waals surface area contributed by atoms with E-state index < -0.39 is 0 Å². The van der Waals surface area contributed by atoms with Crippen molar-refractivity contribution in [2.24, 2.45) is 0 Å². The minimum Gasteiger partial charge on any atom is -0.307 e. The highest BCUT2D eigenvalue weighted by atomic mass is 35.5. The molecule has 0 aliphatic heterocycles. The van der Waals surface area contributed by atoms with E-state index in [-0.39, 0.29) is 11.4 Å². The summed E-state index contributed by atoms with van der Waals surface area (Å²) in [6.07, 6.45) is 8.36. The van der Waals surface area contributed by atoms with Crippen molar-refractivity contribution in [3.63, 3.8) is 0 Å². The van der Waals surface area contributed by atoms with Gasteiger partial charge in [-0.1, -0.05) is 49.2 Å². The number of nitrogens with zero attached hydrogens (tertiary/aromatic N) is 4. The third kappa shape index (κ3) is 4.12. The van der Waals surface area contributed by atoms with E-state index in [0.29, 0.717) is 21.9 Å². The van der Waals surface area contributed by atoms with Crippen LogP contribution >= 0.6 is 34.8 Å². The third-order valence-electron chi connectivity index (χ3n) is 4.92. The molecule has 0 saturated carbocycles. The highest BCUT2D eigenvalue weighted by molar-refractivity contribution is 6.36. The molecule has 2 unspecified atom stereocenters. The van der Waals surface area contributed by atoms with Crippen LogP contribution in [0.25, 0.3) is 28.2 Å². The fourth-order valence-corrected chi connectivity index (χ4v) is 4.31. The molecular weight excluding hydrogens is 441 g/mol. The van der Waals surface area contributed by atoms with E-state index >= 15 is 0 Å². The lowest BCUT2D eigenvalue weighted by Crippen LogP contribution is -2.27. The largest absolute Gasteiger partial charge is 0.307 e. The molecule has 4 rings (SSSR count). The molecule has 1 aliphatic carbocycles. The minimum absolute atomic E-state index is 0.00971. The predicted octanol–water partition coefficient (Wildman–Crippen LogP) is 6.27. The standard InChI is InChI=1S/C22H22Cl3N5/c1-12(2)28-13(3)19-20-22(27-11-26-19)30(16-7-4-14(23)5-8-16)21(29-20)17-9-6-15(24)10-18(17)25/h4,6-14,28H,5H2,1-3H3. The van der Waals surface area contributed by atoms with Crippen molar-refractivity contribution in [2.45, 2.75) is 44.7 Å². The van der Waals surface area contributed by atoms with Gasteiger partial charge >= 0.3 is 0 Å². The Hall–Kier alpha value is -1.92. The Balaban J connectivity index is 1.97. The fourth-order valence-electron chi connectivity index (χ4n) is 3.65. The van der Waals surface area contributed by atoms with E-state index in [9.17, 15) is 0 Å². The zero-order valence-electron chi connectivity index (χ0n) is 16.9. The number of fused-ring (bicyclic) bond motifs is 1. The summed E-state index contributed by atoms with van der Waals surface area (Å²) in [6, 6.07) is 5.72. The average molecular weight is 463 g/mol. The van der Waals surface area contributed by atoms with E-state index in [4.69, 9.17) is 39.8 Å². The van der Waals surface area contributed by atoms with Gasteiger partial charge in [0.2, 0.25) is 0 Å². The number of nitrogens with one attached hydrogen (secondary N) is 1. The lowest BCUT2D eigenvalue weighted by molar-refractivity contribution is 0.499. The number of hydrogen-bond donors (Lipinski definition) is 1. The topological polar surface area (TPSA) is 55.6 Å². The van der Waals surface area contributed by atoms with Gasteiger partial charge in [0.05, 0.1) is 16.1 Å². The molecule has 2 heterocycles. The number of alkyl halides is 1. The van der Waals surface area contributed by atoms with Gasteiger partial charge in [-0.3, -0.25) is 4.57 Å². The minimum atomic E-state index is -0.0217. The molecule has 156 valence electrons. The first-order chi connectivity index (χ1) is 14.3. The van der Waals surface area contributed by atoms with Gasteiger partial charge in [0.1, 0.15) is 17.7 Å². The second kappa shape index (κ2) is 8.67. The summed E-state index contributed by atoms with van der Waals surface area (Å²) in [6.45, 7) is 6.28. The molecule has 0 fully saturated rings. The van der Waals surface area contributed by atoms with Crippen LogP contribution in [0.5, 0.6) is 0 Å². The summed E-state index contributed by atoms with van der Waals surface area (Å²) in [5, 5.41) is 4.57. The van der Waals surface area contributed by atoms with E-state index in [1.165, 1.54) is 0 Å². The summed E-state index contributed by atoms with van der Waals surface area (Å²) in [4.78, 5) is 14.1. The average Bonchev–Trinajstić information content (AvgIpc) is 3.07. The quantitative estimate of drug-likeness (QED) is 0.454. The smallest absolute Gasteiger partial charge is 0.168 e. The first-order valence-corrected chi connectivity index (χ1v) is 11.0. The molecule has 2 atom stereocenters. The number of imidazole rings is 1. The molecule has 0 radical (unpaired) electrons. The van der Waals surface area contributed by atoms with Gasteiger partial charge in [-0.15, -0.1) is 11.6 Å². The first-order valence-electron chi connectivity index (χ1n) is 9.82. The van der Waals surface area contributed by atoms with Crippen LogP contribution in [0.2, 0.25) is 10.0 Å². The summed E-state index contributed by atoms with van der Waals surface area (Å²) in [5.74, 6) is 0.689. The number of halogens is 3. The van der Waals surface area contributed by atoms with Crippen LogP contribution in [0, 0.1) is 0 Å². The maximum atomic E-state index is 6.55. The third-order valence-corrected chi connectivity index (χ3v) is 5.80. The summed E-state index contributed by atoms with van der Waals surface area (Å²) < 4.78 is 2.01. The molecule has 1 aromatic carbocycles. The summed E-state index contributed by atoms with van der Waals surface area (Å²) >= 11 is 18.9. The van der Waals surface area contributed by atoms with Crippen molar-refractivity contribution in [2.75, 3.05) is 0 Å². The van der Waals surface area contributed by atoms with Crippen LogP contribution in [-0.4, -0.2) is 30.9 Å². The molecule has 0 bridgehead atoms. The molecule has 0 amide bonds. The van der Waals surface area contributed by atoms with Crippen molar-refractivity contribution in [1.82, 2.24) is 24.8 Å². The maximum Gasteiger partial charge on any atom is 0.168 e. The van der Waals surface area contributed by atoms with Crippen molar-refractivity contribution < 1.29 is 0 Å². The number of aromatic nitrogens is 4. The Kier molecular flexibility index (Phi) is 6.16. The van der Waals surface area contributed by atoms with Gasteiger partial charge < -0.3 is 5.32 Å². The van der Waals surface area contributed by atoms with Crippen molar-refractivity contribution in [3.05, 3.63) is 58.5 Å². The summed E-state index contributed by atoms with van der Waals surface area (Å²) in [7, 11) is 0. The molecule has 3 aromatic rings. The van der Waals surface area contributed by atoms with Gasteiger partial charge in [0.15, 0.2) is 5.65 Å².